The molecule has 2 heterocycles. The Morgan fingerprint density at radius 3 is 2.96 bits per heavy atom. The van der Waals surface area contributed by atoms with Crippen molar-refractivity contribution >= 4 is 23.2 Å². The minimum Gasteiger partial charge on any atom is -0.454 e. The van der Waals surface area contributed by atoms with Gasteiger partial charge in [-0.05, 0) is 54.5 Å². The number of amides is 1. The molecule has 1 N–H and O–H groups in total. The molecule has 1 atom stereocenters. The van der Waals surface area contributed by atoms with Gasteiger partial charge in [-0.25, -0.2) is 4.79 Å². The maximum atomic E-state index is 12.3. The zero-order chi connectivity index (χ0) is 19.5. The maximum absolute atomic E-state index is 12.3. The van der Waals surface area contributed by atoms with Crippen molar-refractivity contribution in [3.8, 4) is 11.5 Å². The number of fused-ring (bicyclic) bond motifs is 2. The van der Waals surface area contributed by atoms with Crippen LogP contribution in [0.3, 0.4) is 0 Å². The SMILES string of the molecule is CC[C@H]1CCc2sc(C(=O)OCC(=O)NCc3ccc4c(c3)OCO4)cc2C1. The van der Waals surface area contributed by atoms with Crippen LogP contribution < -0.4 is 14.8 Å². The second kappa shape index (κ2) is 8.22. The summed E-state index contributed by atoms with van der Waals surface area (Å²) in [6, 6.07) is 7.44. The molecule has 6 nitrogen and oxygen atoms in total. The molecular weight excluding hydrogens is 378 g/mol. The van der Waals surface area contributed by atoms with Gasteiger partial charge in [0.2, 0.25) is 6.79 Å². The van der Waals surface area contributed by atoms with Crippen molar-refractivity contribution in [2.45, 2.75) is 39.2 Å². The topological polar surface area (TPSA) is 73.9 Å². The highest BCUT2D eigenvalue weighted by molar-refractivity contribution is 7.14. The summed E-state index contributed by atoms with van der Waals surface area (Å²) in [6.07, 6.45) is 4.41. The molecule has 0 unspecified atom stereocenters. The smallest absolute Gasteiger partial charge is 0.348 e. The van der Waals surface area contributed by atoms with E-state index in [-0.39, 0.29) is 19.3 Å². The summed E-state index contributed by atoms with van der Waals surface area (Å²) < 4.78 is 15.8. The Bertz CT molecular complexity index is 891. The van der Waals surface area contributed by atoms with Gasteiger partial charge in [-0.15, -0.1) is 11.3 Å². The Morgan fingerprint density at radius 2 is 2.11 bits per heavy atom. The Kier molecular flexibility index (Phi) is 5.52. The van der Waals surface area contributed by atoms with Gasteiger partial charge in [-0.2, -0.15) is 0 Å². The van der Waals surface area contributed by atoms with Crippen LogP contribution in [0.15, 0.2) is 24.3 Å². The van der Waals surface area contributed by atoms with Gasteiger partial charge in [0.25, 0.3) is 5.91 Å². The van der Waals surface area contributed by atoms with Gasteiger partial charge in [0.15, 0.2) is 18.1 Å². The highest BCUT2D eigenvalue weighted by atomic mass is 32.1. The van der Waals surface area contributed by atoms with E-state index in [1.54, 1.807) is 0 Å². The molecule has 1 aliphatic heterocycles. The predicted molar refractivity (Wildman–Crippen MR) is 105 cm³/mol. The number of thiophene rings is 1. The lowest BCUT2D eigenvalue weighted by atomic mass is 9.87. The number of carbonyl (C=O) groups excluding carboxylic acids is 2. The van der Waals surface area contributed by atoms with Crippen molar-refractivity contribution in [3.63, 3.8) is 0 Å². The van der Waals surface area contributed by atoms with Crippen molar-refractivity contribution in [3.05, 3.63) is 45.1 Å². The lowest BCUT2D eigenvalue weighted by Gasteiger charge is -2.19. The highest BCUT2D eigenvalue weighted by Gasteiger charge is 2.23. The average Bonchev–Trinajstić information content (AvgIpc) is 3.35. The lowest BCUT2D eigenvalue weighted by Crippen LogP contribution is -2.28. The fourth-order valence-corrected chi connectivity index (χ4v) is 4.66. The number of hydrogen-bond acceptors (Lipinski definition) is 6. The molecule has 1 aromatic carbocycles. The third-order valence-electron chi connectivity index (χ3n) is 5.22. The van der Waals surface area contributed by atoms with Gasteiger partial charge < -0.3 is 19.5 Å². The van der Waals surface area contributed by atoms with Gasteiger partial charge in [0.05, 0.1) is 0 Å². The van der Waals surface area contributed by atoms with Gasteiger partial charge in [-0.1, -0.05) is 19.4 Å². The van der Waals surface area contributed by atoms with E-state index in [4.69, 9.17) is 14.2 Å². The molecule has 148 valence electrons. The first-order valence-corrected chi connectivity index (χ1v) is 10.4. The van der Waals surface area contributed by atoms with Crippen molar-refractivity contribution in [1.82, 2.24) is 5.32 Å². The fourth-order valence-electron chi connectivity index (χ4n) is 3.55. The molecule has 1 aromatic heterocycles. The summed E-state index contributed by atoms with van der Waals surface area (Å²) in [5.74, 6) is 1.31. The van der Waals surface area contributed by atoms with E-state index in [2.05, 4.69) is 12.2 Å². The number of carbonyl (C=O) groups is 2. The molecule has 0 radical (unpaired) electrons. The number of nitrogens with one attached hydrogen (secondary N) is 1. The van der Waals surface area contributed by atoms with Crippen LogP contribution >= 0.6 is 11.3 Å². The predicted octanol–water partition coefficient (Wildman–Crippen LogP) is 3.46. The van der Waals surface area contributed by atoms with Crippen LogP contribution in [0.25, 0.3) is 0 Å². The second-order valence-corrected chi connectivity index (χ2v) is 8.25. The quantitative estimate of drug-likeness (QED) is 0.751. The first kappa shape index (κ1) is 18.8. The number of esters is 1. The highest BCUT2D eigenvalue weighted by Crippen LogP contribution is 2.34. The van der Waals surface area contributed by atoms with Crippen molar-refractivity contribution in [2.24, 2.45) is 5.92 Å². The summed E-state index contributed by atoms with van der Waals surface area (Å²) in [5.41, 5.74) is 2.16. The summed E-state index contributed by atoms with van der Waals surface area (Å²) in [6.45, 7) is 2.47. The minimum atomic E-state index is -0.425. The maximum Gasteiger partial charge on any atom is 0.348 e. The van der Waals surface area contributed by atoms with Crippen LogP contribution in [0.1, 0.15) is 45.4 Å². The Labute approximate surface area is 167 Å². The molecule has 0 spiro atoms. The van der Waals surface area contributed by atoms with Crippen LogP contribution in [-0.2, 0) is 28.9 Å². The van der Waals surface area contributed by atoms with Gasteiger partial charge in [0.1, 0.15) is 4.88 Å². The number of aryl methyl sites for hydroxylation is 1. The van der Waals surface area contributed by atoms with E-state index in [0.29, 0.717) is 28.8 Å². The van der Waals surface area contributed by atoms with Crippen molar-refractivity contribution in [2.75, 3.05) is 13.4 Å². The Hall–Kier alpha value is -2.54. The van der Waals surface area contributed by atoms with Crippen LogP contribution in [0.5, 0.6) is 11.5 Å². The molecule has 0 saturated heterocycles. The molecule has 2 aromatic rings. The summed E-state index contributed by atoms with van der Waals surface area (Å²) in [7, 11) is 0. The third-order valence-corrected chi connectivity index (χ3v) is 6.44. The largest absolute Gasteiger partial charge is 0.454 e. The van der Waals surface area contributed by atoms with E-state index >= 15 is 0 Å². The molecule has 0 bridgehead atoms. The fraction of sp³-hybridized carbons (Fsp3) is 0.429. The zero-order valence-corrected chi connectivity index (χ0v) is 16.6. The monoisotopic (exact) mass is 401 g/mol. The van der Waals surface area contributed by atoms with Gasteiger partial charge in [-0.3, -0.25) is 4.79 Å². The van der Waals surface area contributed by atoms with E-state index in [0.717, 1.165) is 18.4 Å². The van der Waals surface area contributed by atoms with Crippen LogP contribution in [0, 0.1) is 5.92 Å². The van der Waals surface area contributed by atoms with E-state index in [9.17, 15) is 9.59 Å². The second-order valence-electron chi connectivity index (χ2n) is 7.12. The van der Waals surface area contributed by atoms with Crippen LogP contribution in [-0.4, -0.2) is 25.3 Å². The summed E-state index contributed by atoms with van der Waals surface area (Å²) in [4.78, 5) is 26.2. The molecule has 4 rings (SSSR count). The molecule has 0 saturated carbocycles. The summed E-state index contributed by atoms with van der Waals surface area (Å²) >= 11 is 1.50. The number of benzene rings is 1. The molecule has 28 heavy (non-hydrogen) atoms. The number of rotatable bonds is 6. The van der Waals surface area contributed by atoms with Crippen LogP contribution in [0.4, 0.5) is 0 Å². The molecule has 1 amide bonds. The summed E-state index contributed by atoms with van der Waals surface area (Å²) in [5, 5.41) is 2.75. The first-order chi connectivity index (χ1) is 13.6. The molecular formula is C21H23NO5S. The Balaban J connectivity index is 1.26. The standard InChI is InChI=1S/C21H23NO5S/c1-2-13-4-6-18-15(7-13)9-19(28-18)21(24)25-11-20(23)22-10-14-3-5-16-17(8-14)27-12-26-16/h3,5,8-9,13H,2,4,6-7,10-12H2,1H3,(H,22,23)/t13-/m0/s1. The normalized spacial score (nSPS) is 17.1. The lowest BCUT2D eigenvalue weighted by molar-refractivity contribution is -0.124. The van der Waals surface area contributed by atoms with Crippen LogP contribution in [0.2, 0.25) is 0 Å². The van der Waals surface area contributed by atoms with Crippen molar-refractivity contribution in [1.29, 1.82) is 0 Å². The number of hydrogen-bond donors (Lipinski definition) is 1. The zero-order valence-electron chi connectivity index (χ0n) is 15.8. The third kappa shape index (κ3) is 4.14. The van der Waals surface area contributed by atoms with E-state index < -0.39 is 5.97 Å². The Morgan fingerprint density at radius 1 is 1.25 bits per heavy atom. The average molecular weight is 401 g/mol. The first-order valence-electron chi connectivity index (χ1n) is 9.56. The van der Waals surface area contributed by atoms with Gasteiger partial charge >= 0.3 is 5.97 Å². The molecule has 0 fully saturated rings. The minimum absolute atomic E-state index is 0.215. The van der Waals surface area contributed by atoms with Crippen molar-refractivity contribution < 1.29 is 23.8 Å². The number of ether oxygens (including phenoxy) is 3. The molecule has 1 aliphatic carbocycles. The van der Waals surface area contributed by atoms with E-state index in [1.165, 1.54) is 34.6 Å². The molecule has 7 heteroatoms. The van der Waals surface area contributed by atoms with Gasteiger partial charge in [0, 0.05) is 11.4 Å². The molecule has 2 aliphatic rings. The van der Waals surface area contributed by atoms with E-state index in [1.807, 2.05) is 24.3 Å².